The Kier molecular flexibility index (Phi) is 2.08. The summed E-state index contributed by atoms with van der Waals surface area (Å²) in [6.07, 6.45) is 3.00. The maximum absolute atomic E-state index is 6.22. The average molecular weight is 203 g/mol. The van der Waals surface area contributed by atoms with Crippen LogP contribution in [0.1, 0.15) is 29.9 Å². The van der Waals surface area contributed by atoms with E-state index < -0.39 is 0 Å². The third kappa shape index (κ3) is 1.40. The van der Waals surface area contributed by atoms with Crippen LogP contribution in [0.2, 0.25) is 0 Å². The Morgan fingerprint density at radius 2 is 2.07 bits per heavy atom. The summed E-state index contributed by atoms with van der Waals surface area (Å²) < 4.78 is 5.87. The zero-order valence-corrected chi connectivity index (χ0v) is 9.02. The number of aryl methyl sites for hydroxylation is 1. The molecule has 0 aliphatic carbocycles. The molecule has 2 aliphatic heterocycles. The fourth-order valence-corrected chi connectivity index (χ4v) is 3.03. The molecule has 80 valence electrons. The Hall–Kier alpha value is -0.860. The Bertz CT molecular complexity index is 375. The van der Waals surface area contributed by atoms with Crippen molar-refractivity contribution in [2.75, 3.05) is 0 Å². The van der Waals surface area contributed by atoms with Crippen LogP contribution >= 0.6 is 0 Å². The lowest BCUT2D eigenvalue weighted by Gasteiger charge is -2.25. The highest BCUT2D eigenvalue weighted by atomic mass is 16.5. The Labute approximate surface area is 90.4 Å². The van der Waals surface area contributed by atoms with E-state index in [1.54, 1.807) is 0 Å². The predicted octanol–water partition coefficient (Wildman–Crippen LogP) is 1.97. The quantitative estimate of drug-likeness (QED) is 0.757. The Morgan fingerprint density at radius 1 is 1.27 bits per heavy atom. The standard InChI is InChI=1S/C13H17NO/c1-8-3-2-4-9(7-8)12-10-5-6-11(15-10)13(12)14/h2-4,7,10-13H,5-6,14H2,1H3. The van der Waals surface area contributed by atoms with E-state index in [1.807, 2.05) is 0 Å². The van der Waals surface area contributed by atoms with Gasteiger partial charge in [-0.15, -0.1) is 0 Å². The van der Waals surface area contributed by atoms with Crippen molar-refractivity contribution in [1.82, 2.24) is 0 Å². The molecule has 2 aliphatic rings. The van der Waals surface area contributed by atoms with Crippen molar-refractivity contribution < 1.29 is 4.74 Å². The average Bonchev–Trinajstić information content (AvgIpc) is 2.77. The highest BCUT2D eigenvalue weighted by Gasteiger charge is 2.47. The molecule has 0 radical (unpaired) electrons. The van der Waals surface area contributed by atoms with Crippen LogP contribution in [0.3, 0.4) is 0 Å². The van der Waals surface area contributed by atoms with Gasteiger partial charge in [0.1, 0.15) is 0 Å². The van der Waals surface area contributed by atoms with Crippen LogP contribution in [0.25, 0.3) is 0 Å². The lowest BCUT2D eigenvalue weighted by molar-refractivity contribution is 0.0976. The van der Waals surface area contributed by atoms with Gasteiger partial charge in [0.05, 0.1) is 12.2 Å². The Balaban J connectivity index is 1.94. The van der Waals surface area contributed by atoms with Crippen LogP contribution < -0.4 is 5.73 Å². The fraction of sp³-hybridized carbons (Fsp3) is 0.538. The van der Waals surface area contributed by atoms with Gasteiger partial charge in [0, 0.05) is 12.0 Å². The van der Waals surface area contributed by atoms with Gasteiger partial charge in [0.25, 0.3) is 0 Å². The van der Waals surface area contributed by atoms with E-state index in [0.29, 0.717) is 18.1 Å². The lowest BCUT2D eigenvalue weighted by atomic mass is 9.80. The maximum Gasteiger partial charge on any atom is 0.0737 e. The summed E-state index contributed by atoms with van der Waals surface area (Å²) in [5.74, 6) is 0.420. The normalized spacial score (nSPS) is 38.5. The first-order valence-electron chi connectivity index (χ1n) is 5.73. The molecule has 1 aromatic rings. The van der Waals surface area contributed by atoms with Crippen LogP contribution in [-0.2, 0) is 4.74 Å². The molecular weight excluding hydrogens is 186 g/mol. The number of hydrogen-bond donors (Lipinski definition) is 1. The summed E-state index contributed by atoms with van der Waals surface area (Å²) in [5.41, 5.74) is 8.89. The fourth-order valence-electron chi connectivity index (χ4n) is 3.03. The first kappa shape index (κ1) is 9.37. The van der Waals surface area contributed by atoms with Crippen LogP contribution in [0, 0.1) is 6.92 Å². The van der Waals surface area contributed by atoms with Crippen LogP contribution in [-0.4, -0.2) is 18.2 Å². The van der Waals surface area contributed by atoms with Crippen molar-refractivity contribution in [3.05, 3.63) is 35.4 Å². The van der Waals surface area contributed by atoms with Crippen molar-refractivity contribution in [3.63, 3.8) is 0 Å². The zero-order valence-electron chi connectivity index (χ0n) is 9.02. The number of benzene rings is 1. The highest BCUT2D eigenvalue weighted by Crippen LogP contribution is 2.43. The second-order valence-corrected chi connectivity index (χ2v) is 4.81. The number of rotatable bonds is 1. The van der Waals surface area contributed by atoms with Gasteiger partial charge in [-0.05, 0) is 25.3 Å². The molecule has 15 heavy (non-hydrogen) atoms. The summed E-state index contributed by atoms with van der Waals surface area (Å²) in [6.45, 7) is 2.13. The van der Waals surface area contributed by atoms with Gasteiger partial charge in [0.15, 0.2) is 0 Å². The summed E-state index contributed by atoms with van der Waals surface area (Å²) in [7, 11) is 0. The lowest BCUT2D eigenvalue weighted by Crippen LogP contribution is -2.38. The van der Waals surface area contributed by atoms with E-state index >= 15 is 0 Å². The van der Waals surface area contributed by atoms with Crippen LogP contribution in [0.15, 0.2) is 24.3 Å². The van der Waals surface area contributed by atoms with Crippen molar-refractivity contribution in [1.29, 1.82) is 0 Å². The number of fused-ring (bicyclic) bond motifs is 2. The van der Waals surface area contributed by atoms with Crippen molar-refractivity contribution >= 4 is 0 Å². The number of hydrogen-bond acceptors (Lipinski definition) is 2. The molecule has 2 bridgehead atoms. The van der Waals surface area contributed by atoms with E-state index in [1.165, 1.54) is 17.5 Å². The van der Waals surface area contributed by atoms with E-state index in [2.05, 4.69) is 31.2 Å². The minimum Gasteiger partial charge on any atom is -0.373 e. The minimum atomic E-state index is 0.200. The van der Waals surface area contributed by atoms with Crippen LogP contribution in [0.4, 0.5) is 0 Å². The Morgan fingerprint density at radius 3 is 2.73 bits per heavy atom. The molecule has 2 heteroatoms. The molecule has 1 aromatic carbocycles. The molecule has 2 fully saturated rings. The maximum atomic E-state index is 6.22. The molecule has 4 unspecified atom stereocenters. The summed E-state index contributed by atoms with van der Waals surface area (Å²) in [4.78, 5) is 0. The van der Waals surface area contributed by atoms with Gasteiger partial charge in [-0.1, -0.05) is 29.8 Å². The van der Waals surface area contributed by atoms with Crippen molar-refractivity contribution in [3.8, 4) is 0 Å². The molecule has 0 aromatic heterocycles. The topological polar surface area (TPSA) is 35.2 Å². The van der Waals surface area contributed by atoms with E-state index in [9.17, 15) is 0 Å². The summed E-state index contributed by atoms with van der Waals surface area (Å²) >= 11 is 0. The summed E-state index contributed by atoms with van der Waals surface area (Å²) in [6, 6.07) is 8.87. The van der Waals surface area contributed by atoms with E-state index in [-0.39, 0.29) is 6.04 Å². The molecule has 0 spiro atoms. The minimum absolute atomic E-state index is 0.200. The third-order valence-corrected chi connectivity index (χ3v) is 3.76. The molecule has 0 amide bonds. The SMILES string of the molecule is Cc1cccc(C2C3CCC(O3)C2N)c1. The van der Waals surface area contributed by atoms with E-state index in [4.69, 9.17) is 10.5 Å². The molecule has 4 atom stereocenters. The highest BCUT2D eigenvalue weighted by molar-refractivity contribution is 5.30. The second kappa shape index (κ2) is 3.32. The molecule has 0 saturated carbocycles. The van der Waals surface area contributed by atoms with Gasteiger partial charge in [0.2, 0.25) is 0 Å². The van der Waals surface area contributed by atoms with Gasteiger partial charge in [-0.2, -0.15) is 0 Å². The van der Waals surface area contributed by atoms with Crippen molar-refractivity contribution in [2.24, 2.45) is 5.73 Å². The van der Waals surface area contributed by atoms with Gasteiger partial charge >= 0.3 is 0 Å². The molecule has 2 N–H and O–H groups in total. The van der Waals surface area contributed by atoms with Gasteiger partial charge < -0.3 is 10.5 Å². The first-order chi connectivity index (χ1) is 7.25. The monoisotopic (exact) mass is 203 g/mol. The zero-order chi connectivity index (χ0) is 10.4. The van der Waals surface area contributed by atoms with Crippen molar-refractivity contribution in [2.45, 2.75) is 43.9 Å². The van der Waals surface area contributed by atoms with Gasteiger partial charge in [-0.25, -0.2) is 0 Å². The number of ether oxygens (including phenoxy) is 1. The molecular formula is C13H17NO. The second-order valence-electron chi connectivity index (χ2n) is 4.81. The molecule has 2 nitrogen and oxygen atoms in total. The third-order valence-electron chi connectivity index (χ3n) is 3.76. The predicted molar refractivity (Wildman–Crippen MR) is 59.8 cm³/mol. The smallest absolute Gasteiger partial charge is 0.0737 e. The first-order valence-corrected chi connectivity index (χ1v) is 5.73. The van der Waals surface area contributed by atoms with Gasteiger partial charge in [-0.3, -0.25) is 0 Å². The molecule has 2 saturated heterocycles. The molecule has 2 heterocycles. The molecule has 3 rings (SSSR count). The summed E-state index contributed by atoms with van der Waals surface area (Å²) in [5, 5.41) is 0. The largest absolute Gasteiger partial charge is 0.373 e. The van der Waals surface area contributed by atoms with E-state index in [0.717, 1.165) is 6.42 Å². The van der Waals surface area contributed by atoms with Crippen LogP contribution in [0.5, 0.6) is 0 Å². The number of nitrogens with two attached hydrogens (primary N) is 1.